The van der Waals surface area contributed by atoms with E-state index in [4.69, 9.17) is 4.74 Å². The molecule has 0 aliphatic heterocycles. The minimum absolute atomic E-state index is 0.0871. The smallest absolute Gasteiger partial charge is 0.311 e. The molecular formula is C13H12F2N2O2S. The molecule has 1 aromatic carbocycles. The number of halogens is 2. The van der Waals surface area contributed by atoms with Crippen LogP contribution in [0.25, 0.3) is 0 Å². The van der Waals surface area contributed by atoms with Gasteiger partial charge in [-0.25, -0.2) is 13.8 Å². The van der Waals surface area contributed by atoms with E-state index in [1.165, 1.54) is 17.4 Å². The first kappa shape index (κ1) is 14.4. The molecule has 0 aliphatic rings. The van der Waals surface area contributed by atoms with Crippen molar-refractivity contribution in [2.24, 2.45) is 0 Å². The number of ether oxygens (including phenoxy) is 1. The normalized spacial score (nSPS) is 10.3. The van der Waals surface area contributed by atoms with E-state index in [0.717, 1.165) is 12.1 Å². The maximum absolute atomic E-state index is 13.1. The molecule has 106 valence electrons. The molecule has 0 amide bonds. The molecule has 2 aromatic rings. The fraction of sp³-hybridized carbons (Fsp3) is 0.231. The number of nitrogens with zero attached hydrogens (tertiary/aromatic N) is 1. The summed E-state index contributed by atoms with van der Waals surface area (Å²) in [6.07, 6.45) is 0.0871. The van der Waals surface area contributed by atoms with Crippen molar-refractivity contribution in [1.82, 2.24) is 4.98 Å². The number of esters is 1. The van der Waals surface area contributed by atoms with E-state index in [9.17, 15) is 13.6 Å². The number of carbonyl (C=O) groups is 1. The van der Waals surface area contributed by atoms with Gasteiger partial charge < -0.3 is 10.1 Å². The molecule has 4 nitrogen and oxygen atoms in total. The highest BCUT2D eigenvalue weighted by Gasteiger charge is 2.09. The topological polar surface area (TPSA) is 51.2 Å². The summed E-state index contributed by atoms with van der Waals surface area (Å²) in [5, 5.41) is 5.05. The Morgan fingerprint density at radius 2 is 2.20 bits per heavy atom. The molecule has 0 radical (unpaired) electrons. The molecule has 0 saturated carbocycles. The van der Waals surface area contributed by atoms with Gasteiger partial charge in [-0.15, -0.1) is 11.3 Å². The number of thiazole rings is 1. The van der Waals surface area contributed by atoms with E-state index in [2.05, 4.69) is 10.3 Å². The summed E-state index contributed by atoms with van der Waals surface area (Å²) in [4.78, 5) is 15.5. The van der Waals surface area contributed by atoms with Gasteiger partial charge in [0.2, 0.25) is 0 Å². The van der Waals surface area contributed by atoms with E-state index in [1.54, 1.807) is 12.3 Å². The molecule has 20 heavy (non-hydrogen) atoms. The van der Waals surface area contributed by atoms with Crippen LogP contribution in [-0.2, 0) is 16.0 Å². The fourth-order valence-corrected chi connectivity index (χ4v) is 2.23. The lowest BCUT2D eigenvalue weighted by Gasteiger charge is -2.02. The maximum Gasteiger partial charge on any atom is 0.311 e. The van der Waals surface area contributed by atoms with Crippen LogP contribution in [0.1, 0.15) is 12.6 Å². The van der Waals surface area contributed by atoms with Crippen LogP contribution in [0.2, 0.25) is 0 Å². The Bertz CT molecular complexity index is 616. The second-order valence-electron chi connectivity index (χ2n) is 3.88. The average Bonchev–Trinajstić information content (AvgIpc) is 2.81. The summed E-state index contributed by atoms with van der Waals surface area (Å²) in [5.74, 6) is -2.19. The van der Waals surface area contributed by atoms with Gasteiger partial charge in [-0.05, 0) is 19.1 Å². The second-order valence-corrected chi connectivity index (χ2v) is 4.74. The van der Waals surface area contributed by atoms with Crippen molar-refractivity contribution in [1.29, 1.82) is 0 Å². The van der Waals surface area contributed by atoms with Gasteiger partial charge in [0, 0.05) is 17.1 Å². The lowest BCUT2D eigenvalue weighted by molar-refractivity contribution is -0.142. The van der Waals surface area contributed by atoms with Crippen molar-refractivity contribution in [3.05, 3.63) is 40.9 Å². The fourth-order valence-electron chi connectivity index (χ4n) is 1.50. The lowest BCUT2D eigenvalue weighted by atomic mass is 10.3. The summed E-state index contributed by atoms with van der Waals surface area (Å²) in [7, 11) is 0. The standard InChI is InChI=1S/C13H12F2N2O2S/c1-2-19-12(18)6-9-7-20-13(17-9)16-8-3-4-10(14)11(15)5-8/h3-5,7H,2,6H2,1H3,(H,16,17). The molecule has 2 rings (SSSR count). The van der Waals surface area contributed by atoms with Gasteiger partial charge in [0.15, 0.2) is 16.8 Å². The monoisotopic (exact) mass is 298 g/mol. The molecule has 1 heterocycles. The molecule has 0 spiro atoms. The minimum atomic E-state index is -0.932. The zero-order valence-corrected chi connectivity index (χ0v) is 11.5. The first-order chi connectivity index (χ1) is 9.58. The van der Waals surface area contributed by atoms with Crippen LogP contribution in [-0.4, -0.2) is 17.6 Å². The van der Waals surface area contributed by atoms with Crippen molar-refractivity contribution in [2.75, 3.05) is 11.9 Å². The minimum Gasteiger partial charge on any atom is -0.466 e. The van der Waals surface area contributed by atoms with Gasteiger partial charge in [-0.2, -0.15) is 0 Å². The highest BCUT2D eigenvalue weighted by molar-refractivity contribution is 7.13. The Labute approximate surface area is 118 Å². The third kappa shape index (κ3) is 3.74. The molecule has 0 aliphatic carbocycles. The van der Waals surface area contributed by atoms with E-state index < -0.39 is 11.6 Å². The second kappa shape index (κ2) is 6.42. The van der Waals surface area contributed by atoms with E-state index in [-0.39, 0.29) is 12.4 Å². The Hall–Kier alpha value is -2.02. The summed E-state index contributed by atoms with van der Waals surface area (Å²) in [6.45, 7) is 2.05. The molecule has 0 bridgehead atoms. The zero-order chi connectivity index (χ0) is 14.5. The Morgan fingerprint density at radius 1 is 1.40 bits per heavy atom. The third-order valence-corrected chi connectivity index (χ3v) is 3.16. The maximum atomic E-state index is 13.1. The van der Waals surface area contributed by atoms with E-state index >= 15 is 0 Å². The summed E-state index contributed by atoms with van der Waals surface area (Å²) >= 11 is 1.27. The quantitative estimate of drug-likeness (QED) is 0.861. The van der Waals surface area contributed by atoms with Crippen LogP contribution in [0.3, 0.4) is 0 Å². The number of nitrogens with one attached hydrogen (secondary N) is 1. The van der Waals surface area contributed by atoms with Crippen molar-refractivity contribution in [3.63, 3.8) is 0 Å². The van der Waals surface area contributed by atoms with Crippen molar-refractivity contribution < 1.29 is 18.3 Å². The van der Waals surface area contributed by atoms with Crippen LogP contribution in [0.4, 0.5) is 19.6 Å². The third-order valence-electron chi connectivity index (χ3n) is 2.35. The molecule has 0 atom stereocenters. The number of hydrogen-bond donors (Lipinski definition) is 1. The van der Waals surface area contributed by atoms with E-state index in [1.807, 2.05) is 0 Å². The summed E-state index contributed by atoms with van der Waals surface area (Å²) in [5.41, 5.74) is 0.958. The number of carbonyl (C=O) groups excluding carboxylic acids is 1. The molecule has 1 aromatic heterocycles. The predicted octanol–water partition coefficient (Wildman–Crippen LogP) is 3.27. The molecule has 0 fully saturated rings. The largest absolute Gasteiger partial charge is 0.466 e. The van der Waals surface area contributed by atoms with Crippen molar-refractivity contribution in [3.8, 4) is 0 Å². The van der Waals surface area contributed by atoms with Crippen LogP contribution in [0.5, 0.6) is 0 Å². The summed E-state index contributed by atoms with van der Waals surface area (Å²) < 4.78 is 30.7. The van der Waals surface area contributed by atoms with Gasteiger partial charge in [-0.1, -0.05) is 0 Å². The van der Waals surface area contributed by atoms with Crippen LogP contribution in [0, 0.1) is 11.6 Å². The summed E-state index contributed by atoms with van der Waals surface area (Å²) in [6, 6.07) is 3.48. The van der Waals surface area contributed by atoms with Gasteiger partial charge >= 0.3 is 5.97 Å². The highest BCUT2D eigenvalue weighted by atomic mass is 32.1. The molecule has 0 unspecified atom stereocenters. The molecule has 0 saturated heterocycles. The Balaban J connectivity index is 2.02. The first-order valence-electron chi connectivity index (χ1n) is 5.90. The predicted molar refractivity (Wildman–Crippen MR) is 72.1 cm³/mol. The van der Waals surface area contributed by atoms with Crippen LogP contribution < -0.4 is 5.32 Å². The SMILES string of the molecule is CCOC(=O)Cc1csc(Nc2ccc(F)c(F)c2)n1. The number of anilines is 2. The number of hydrogen-bond acceptors (Lipinski definition) is 5. The van der Waals surface area contributed by atoms with Crippen LogP contribution in [0.15, 0.2) is 23.6 Å². The highest BCUT2D eigenvalue weighted by Crippen LogP contribution is 2.22. The lowest BCUT2D eigenvalue weighted by Crippen LogP contribution is -2.07. The Kier molecular flexibility index (Phi) is 4.62. The van der Waals surface area contributed by atoms with Gasteiger partial charge in [0.05, 0.1) is 18.7 Å². The molecule has 7 heteroatoms. The molecule has 1 N–H and O–H groups in total. The van der Waals surface area contributed by atoms with Gasteiger partial charge in [0.25, 0.3) is 0 Å². The number of benzene rings is 1. The van der Waals surface area contributed by atoms with Crippen molar-refractivity contribution in [2.45, 2.75) is 13.3 Å². The van der Waals surface area contributed by atoms with Gasteiger partial charge in [0.1, 0.15) is 0 Å². The van der Waals surface area contributed by atoms with Crippen LogP contribution >= 0.6 is 11.3 Å². The average molecular weight is 298 g/mol. The van der Waals surface area contributed by atoms with E-state index in [0.29, 0.717) is 23.1 Å². The first-order valence-corrected chi connectivity index (χ1v) is 6.78. The molecular weight excluding hydrogens is 286 g/mol. The Morgan fingerprint density at radius 3 is 2.90 bits per heavy atom. The zero-order valence-electron chi connectivity index (χ0n) is 10.7. The number of rotatable bonds is 5. The van der Waals surface area contributed by atoms with Gasteiger partial charge in [-0.3, -0.25) is 4.79 Å². The van der Waals surface area contributed by atoms with Crippen molar-refractivity contribution >= 4 is 28.1 Å². The number of aromatic nitrogens is 1.